The fourth-order valence-corrected chi connectivity index (χ4v) is 1.96. The standard InChI is InChI=1S/C14H12ClN3O/c1-10-4-6-11(7-5-10)19-9-13-16-14-12(15)3-2-8-18(14)17-13/h2-8H,9H2,1H3. The Kier molecular flexibility index (Phi) is 3.09. The summed E-state index contributed by atoms with van der Waals surface area (Å²) in [5.74, 6) is 1.41. The van der Waals surface area contributed by atoms with Crippen molar-refractivity contribution < 1.29 is 4.74 Å². The molecule has 0 bridgehead atoms. The molecule has 0 unspecified atom stereocenters. The van der Waals surface area contributed by atoms with Crippen molar-refractivity contribution in [2.45, 2.75) is 13.5 Å². The summed E-state index contributed by atoms with van der Waals surface area (Å²) in [6.45, 7) is 2.36. The topological polar surface area (TPSA) is 39.4 Å². The van der Waals surface area contributed by atoms with E-state index in [9.17, 15) is 0 Å². The maximum absolute atomic E-state index is 6.04. The van der Waals surface area contributed by atoms with Gasteiger partial charge in [-0.2, -0.15) is 0 Å². The molecule has 0 aliphatic rings. The highest BCUT2D eigenvalue weighted by atomic mass is 35.5. The van der Waals surface area contributed by atoms with Gasteiger partial charge >= 0.3 is 0 Å². The molecule has 0 atom stereocenters. The smallest absolute Gasteiger partial charge is 0.189 e. The Bertz CT molecular complexity index is 706. The molecule has 0 amide bonds. The minimum atomic E-state index is 0.321. The molecule has 3 aromatic rings. The molecular weight excluding hydrogens is 262 g/mol. The van der Waals surface area contributed by atoms with Gasteiger partial charge in [-0.1, -0.05) is 29.3 Å². The van der Waals surface area contributed by atoms with Gasteiger partial charge in [0.2, 0.25) is 0 Å². The van der Waals surface area contributed by atoms with Gasteiger partial charge in [-0.25, -0.2) is 9.50 Å². The minimum Gasteiger partial charge on any atom is -0.486 e. The number of nitrogens with zero attached hydrogens (tertiary/aromatic N) is 3. The van der Waals surface area contributed by atoms with E-state index in [1.54, 1.807) is 10.6 Å². The molecule has 0 aliphatic heterocycles. The summed E-state index contributed by atoms with van der Waals surface area (Å²) in [5, 5.41) is 4.88. The molecule has 0 aliphatic carbocycles. The number of benzene rings is 1. The lowest BCUT2D eigenvalue weighted by Gasteiger charge is -2.03. The molecule has 0 saturated heterocycles. The Balaban J connectivity index is 1.78. The zero-order chi connectivity index (χ0) is 13.2. The van der Waals surface area contributed by atoms with Crippen molar-refractivity contribution in [3.63, 3.8) is 0 Å². The number of hydrogen-bond acceptors (Lipinski definition) is 3. The van der Waals surface area contributed by atoms with Crippen LogP contribution in [0.5, 0.6) is 5.75 Å². The van der Waals surface area contributed by atoms with Gasteiger partial charge in [0, 0.05) is 6.20 Å². The Morgan fingerprint density at radius 2 is 2.00 bits per heavy atom. The molecule has 2 heterocycles. The summed E-state index contributed by atoms with van der Waals surface area (Å²) >= 11 is 6.04. The summed E-state index contributed by atoms with van der Waals surface area (Å²) in [6, 6.07) is 11.5. The number of aromatic nitrogens is 3. The average molecular weight is 274 g/mol. The lowest BCUT2D eigenvalue weighted by molar-refractivity contribution is 0.296. The predicted octanol–water partition coefficient (Wildman–Crippen LogP) is 3.27. The number of halogens is 1. The van der Waals surface area contributed by atoms with E-state index < -0.39 is 0 Å². The molecule has 5 heteroatoms. The van der Waals surface area contributed by atoms with Crippen LogP contribution >= 0.6 is 11.6 Å². The van der Waals surface area contributed by atoms with Crippen LogP contribution in [-0.4, -0.2) is 14.6 Å². The van der Waals surface area contributed by atoms with Crippen molar-refractivity contribution in [3.05, 3.63) is 59.0 Å². The zero-order valence-electron chi connectivity index (χ0n) is 10.4. The van der Waals surface area contributed by atoms with E-state index in [0.717, 1.165) is 5.75 Å². The third kappa shape index (κ3) is 2.53. The quantitative estimate of drug-likeness (QED) is 0.735. The monoisotopic (exact) mass is 273 g/mol. The van der Waals surface area contributed by atoms with Gasteiger partial charge < -0.3 is 4.74 Å². The number of ether oxygens (including phenoxy) is 1. The molecule has 96 valence electrons. The highest BCUT2D eigenvalue weighted by Crippen LogP contribution is 2.16. The van der Waals surface area contributed by atoms with E-state index in [1.807, 2.05) is 43.5 Å². The zero-order valence-corrected chi connectivity index (χ0v) is 11.1. The lowest BCUT2D eigenvalue weighted by Crippen LogP contribution is -1.98. The number of aryl methyl sites for hydroxylation is 1. The molecule has 0 fully saturated rings. The van der Waals surface area contributed by atoms with Gasteiger partial charge in [-0.3, -0.25) is 0 Å². The average Bonchev–Trinajstić information content (AvgIpc) is 2.83. The Labute approximate surface area is 115 Å². The van der Waals surface area contributed by atoms with Gasteiger partial charge in [-0.15, -0.1) is 5.10 Å². The van der Waals surface area contributed by atoms with Crippen LogP contribution in [0, 0.1) is 6.92 Å². The molecule has 4 nitrogen and oxygen atoms in total. The fraction of sp³-hybridized carbons (Fsp3) is 0.143. The second-order valence-electron chi connectivity index (χ2n) is 4.25. The Hall–Kier alpha value is -2.07. The van der Waals surface area contributed by atoms with E-state index in [-0.39, 0.29) is 0 Å². The minimum absolute atomic E-state index is 0.321. The van der Waals surface area contributed by atoms with Crippen LogP contribution in [0.15, 0.2) is 42.6 Å². The SMILES string of the molecule is Cc1ccc(OCc2nc3c(Cl)cccn3n2)cc1. The second-order valence-corrected chi connectivity index (χ2v) is 4.66. The first-order chi connectivity index (χ1) is 9.22. The van der Waals surface area contributed by atoms with Crippen molar-refractivity contribution >= 4 is 17.2 Å². The first kappa shape index (κ1) is 12.0. The largest absolute Gasteiger partial charge is 0.486 e. The lowest BCUT2D eigenvalue weighted by atomic mass is 10.2. The first-order valence-electron chi connectivity index (χ1n) is 5.91. The van der Waals surface area contributed by atoms with Crippen LogP contribution in [-0.2, 0) is 6.61 Å². The highest BCUT2D eigenvalue weighted by Gasteiger charge is 2.06. The number of pyridine rings is 1. The van der Waals surface area contributed by atoms with Crippen LogP contribution in [0.1, 0.15) is 11.4 Å². The Morgan fingerprint density at radius 3 is 2.74 bits per heavy atom. The van der Waals surface area contributed by atoms with Gasteiger partial charge in [0.1, 0.15) is 12.4 Å². The number of fused-ring (bicyclic) bond motifs is 1. The normalized spacial score (nSPS) is 10.8. The maximum Gasteiger partial charge on any atom is 0.189 e. The van der Waals surface area contributed by atoms with Gasteiger partial charge in [0.15, 0.2) is 11.5 Å². The van der Waals surface area contributed by atoms with E-state index in [0.29, 0.717) is 23.1 Å². The highest BCUT2D eigenvalue weighted by molar-refractivity contribution is 6.33. The van der Waals surface area contributed by atoms with Crippen molar-refractivity contribution in [1.82, 2.24) is 14.6 Å². The van der Waals surface area contributed by atoms with Crippen LogP contribution < -0.4 is 4.74 Å². The van der Waals surface area contributed by atoms with Crippen molar-refractivity contribution in [2.75, 3.05) is 0 Å². The van der Waals surface area contributed by atoms with E-state index in [1.165, 1.54) is 5.56 Å². The maximum atomic E-state index is 6.04. The molecule has 1 aromatic carbocycles. The van der Waals surface area contributed by atoms with Crippen LogP contribution in [0.3, 0.4) is 0 Å². The molecule has 0 radical (unpaired) electrons. The summed E-state index contributed by atoms with van der Waals surface area (Å²) in [7, 11) is 0. The van der Waals surface area contributed by atoms with Gasteiger partial charge in [0.25, 0.3) is 0 Å². The van der Waals surface area contributed by atoms with Crippen molar-refractivity contribution in [1.29, 1.82) is 0 Å². The molecule has 19 heavy (non-hydrogen) atoms. The summed E-state index contributed by atoms with van der Waals surface area (Å²) in [5.41, 5.74) is 1.84. The molecule has 0 spiro atoms. The fourth-order valence-electron chi connectivity index (χ4n) is 1.76. The first-order valence-corrected chi connectivity index (χ1v) is 6.29. The van der Waals surface area contributed by atoms with Crippen LogP contribution in [0.25, 0.3) is 5.65 Å². The third-order valence-corrected chi connectivity index (χ3v) is 3.04. The molecule has 0 N–H and O–H groups in total. The molecule has 0 saturated carbocycles. The third-order valence-electron chi connectivity index (χ3n) is 2.75. The summed E-state index contributed by atoms with van der Waals surface area (Å²) < 4.78 is 7.28. The van der Waals surface area contributed by atoms with Crippen LogP contribution in [0.2, 0.25) is 5.02 Å². The van der Waals surface area contributed by atoms with Crippen molar-refractivity contribution in [2.24, 2.45) is 0 Å². The molecule has 2 aromatic heterocycles. The van der Waals surface area contributed by atoms with Gasteiger partial charge in [0.05, 0.1) is 5.02 Å². The summed E-state index contributed by atoms with van der Waals surface area (Å²) in [6.07, 6.45) is 1.81. The Morgan fingerprint density at radius 1 is 1.21 bits per heavy atom. The second kappa shape index (κ2) is 4.90. The number of hydrogen-bond donors (Lipinski definition) is 0. The molecule has 3 rings (SSSR count). The van der Waals surface area contributed by atoms with E-state index in [4.69, 9.17) is 16.3 Å². The predicted molar refractivity (Wildman–Crippen MR) is 73.5 cm³/mol. The van der Waals surface area contributed by atoms with Crippen LogP contribution in [0.4, 0.5) is 0 Å². The summed E-state index contributed by atoms with van der Waals surface area (Å²) in [4.78, 5) is 4.34. The van der Waals surface area contributed by atoms with Gasteiger partial charge in [-0.05, 0) is 31.2 Å². The van der Waals surface area contributed by atoms with Crippen molar-refractivity contribution in [3.8, 4) is 5.75 Å². The molecular formula is C14H12ClN3O. The van der Waals surface area contributed by atoms with E-state index in [2.05, 4.69) is 10.1 Å². The van der Waals surface area contributed by atoms with E-state index >= 15 is 0 Å². The number of rotatable bonds is 3.